The van der Waals surface area contributed by atoms with Crippen molar-refractivity contribution >= 4 is 5.91 Å². The second kappa shape index (κ2) is 9.46. The van der Waals surface area contributed by atoms with Crippen LogP contribution in [-0.2, 0) is 6.54 Å². The van der Waals surface area contributed by atoms with Gasteiger partial charge in [-0.3, -0.25) is 9.59 Å². The van der Waals surface area contributed by atoms with Crippen LogP contribution in [0.1, 0.15) is 35.7 Å². The summed E-state index contributed by atoms with van der Waals surface area (Å²) in [5.41, 5.74) is 6.79. The van der Waals surface area contributed by atoms with Crippen LogP contribution in [-0.4, -0.2) is 23.1 Å². The zero-order chi connectivity index (χ0) is 18.9. The highest BCUT2D eigenvalue weighted by atomic mass is 16.2. The molecule has 2 aromatic rings. The van der Waals surface area contributed by atoms with Crippen LogP contribution in [0.4, 0.5) is 0 Å². The van der Waals surface area contributed by atoms with Gasteiger partial charge in [-0.05, 0) is 31.4 Å². The molecule has 1 heterocycles. The Kier molecular flexibility index (Phi) is 7.02. The van der Waals surface area contributed by atoms with Gasteiger partial charge in [0.1, 0.15) is 0 Å². The minimum Gasteiger partial charge on any atom is -0.386 e. The van der Waals surface area contributed by atoms with E-state index in [9.17, 15) is 9.59 Å². The fourth-order valence-electron chi connectivity index (χ4n) is 2.61. The van der Waals surface area contributed by atoms with E-state index in [1.807, 2.05) is 37.3 Å². The molecule has 0 saturated carbocycles. The number of carbonyl (C=O) groups excluding carboxylic acids is 1. The number of hydrogen-bond acceptors (Lipinski definition) is 4. The zero-order valence-corrected chi connectivity index (χ0v) is 15.1. The number of amides is 1. The Morgan fingerprint density at radius 3 is 2.65 bits per heavy atom. The minimum atomic E-state index is -0.185. The van der Waals surface area contributed by atoms with Crippen molar-refractivity contribution in [3.63, 3.8) is 0 Å². The van der Waals surface area contributed by atoms with E-state index in [0.29, 0.717) is 17.9 Å². The summed E-state index contributed by atoms with van der Waals surface area (Å²) in [5, 5.41) is 5.91. The molecule has 0 aliphatic rings. The number of aromatic nitrogens is 1. The van der Waals surface area contributed by atoms with Crippen LogP contribution in [0.25, 0.3) is 0 Å². The number of carbonyl (C=O) groups is 1. The third kappa shape index (κ3) is 6.12. The fraction of sp³-hybridized carbons (Fsp3) is 0.300. The van der Waals surface area contributed by atoms with E-state index < -0.39 is 0 Å². The van der Waals surface area contributed by atoms with Gasteiger partial charge in [-0.1, -0.05) is 36.9 Å². The van der Waals surface area contributed by atoms with E-state index in [1.165, 1.54) is 6.07 Å². The summed E-state index contributed by atoms with van der Waals surface area (Å²) in [6.45, 7) is 6.68. The van der Waals surface area contributed by atoms with Crippen LogP contribution in [0.5, 0.6) is 0 Å². The first-order valence-electron chi connectivity index (χ1n) is 8.69. The molecular weight excluding hydrogens is 328 g/mol. The lowest BCUT2D eigenvalue weighted by Gasteiger charge is -2.15. The van der Waals surface area contributed by atoms with Crippen molar-refractivity contribution in [2.24, 2.45) is 5.73 Å². The van der Waals surface area contributed by atoms with Crippen molar-refractivity contribution in [3.05, 3.63) is 82.5 Å². The van der Waals surface area contributed by atoms with E-state index in [2.05, 4.69) is 17.2 Å². The van der Waals surface area contributed by atoms with Crippen LogP contribution in [0.2, 0.25) is 0 Å². The summed E-state index contributed by atoms with van der Waals surface area (Å²) in [6.07, 6.45) is 3.29. The summed E-state index contributed by atoms with van der Waals surface area (Å²) in [5.74, 6) is 0.262. The monoisotopic (exact) mass is 354 g/mol. The molecule has 0 spiro atoms. The summed E-state index contributed by atoms with van der Waals surface area (Å²) < 4.78 is 1.55. The Bertz CT molecular complexity index is 799. The third-order valence-corrected chi connectivity index (χ3v) is 3.98. The summed E-state index contributed by atoms with van der Waals surface area (Å²) in [4.78, 5) is 24.5. The van der Waals surface area contributed by atoms with E-state index in [1.54, 1.807) is 16.8 Å². The molecule has 4 N–H and O–H groups in total. The van der Waals surface area contributed by atoms with Crippen LogP contribution in [0.15, 0.2) is 65.9 Å². The number of benzene rings is 1. The molecule has 6 heteroatoms. The van der Waals surface area contributed by atoms with Crippen LogP contribution in [0, 0.1) is 0 Å². The van der Waals surface area contributed by atoms with Gasteiger partial charge in [-0.25, -0.2) is 0 Å². The molecule has 0 fully saturated rings. The van der Waals surface area contributed by atoms with Crippen LogP contribution in [0.3, 0.4) is 0 Å². The van der Waals surface area contributed by atoms with Crippen LogP contribution >= 0.6 is 0 Å². The average molecular weight is 354 g/mol. The van der Waals surface area contributed by atoms with E-state index in [4.69, 9.17) is 5.73 Å². The smallest absolute Gasteiger partial charge is 0.252 e. The van der Waals surface area contributed by atoms with Crippen molar-refractivity contribution in [3.8, 4) is 0 Å². The number of nitrogens with one attached hydrogen (secondary N) is 2. The van der Waals surface area contributed by atoms with Crippen molar-refractivity contribution < 1.29 is 4.79 Å². The van der Waals surface area contributed by atoms with Crippen LogP contribution < -0.4 is 21.9 Å². The van der Waals surface area contributed by atoms with E-state index >= 15 is 0 Å². The number of rotatable bonds is 9. The predicted octanol–water partition coefficient (Wildman–Crippen LogP) is 1.81. The topological polar surface area (TPSA) is 89.2 Å². The fourth-order valence-corrected chi connectivity index (χ4v) is 2.61. The molecule has 0 saturated heterocycles. The Morgan fingerprint density at radius 2 is 1.96 bits per heavy atom. The van der Waals surface area contributed by atoms with Crippen molar-refractivity contribution in [1.82, 2.24) is 15.2 Å². The van der Waals surface area contributed by atoms with Gasteiger partial charge in [0.25, 0.3) is 11.5 Å². The first-order chi connectivity index (χ1) is 12.5. The largest absolute Gasteiger partial charge is 0.386 e. The molecule has 0 bridgehead atoms. The molecule has 1 atom stereocenters. The van der Waals surface area contributed by atoms with Gasteiger partial charge in [0.2, 0.25) is 0 Å². The van der Waals surface area contributed by atoms with Gasteiger partial charge in [-0.2, -0.15) is 0 Å². The molecule has 138 valence electrons. The molecule has 1 aromatic carbocycles. The molecule has 1 amide bonds. The van der Waals surface area contributed by atoms with Gasteiger partial charge < -0.3 is 20.9 Å². The van der Waals surface area contributed by atoms with E-state index in [-0.39, 0.29) is 17.5 Å². The summed E-state index contributed by atoms with van der Waals surface area (Å²) in [7, 11) is 0. The highest BCUT2D eigenvalue weighted by molar-refractivity contribution is 5.94. The summed E-state index contributed by atoms with van der Waals surface area (Å²) >= 11 is 0. The molecule has 1 unspecified atom stereocenters. The molecule has 0 aliphatic heterocycles. The van der Waals surface area contributed by atoms with Crippen molar-refractivity contribution in [1.29, 1.82) is 0 Å². The molecule has 26 heavy (non-hydrogen) atoms. The Morgan fingerprint density at radius 1 is 1.23 bits per heavy atom. The standard InChI is InChI=1S/C20H26N4O2/c1-15(7-6-12-22-16(2)21)23-20(26)18-10-11-19(25)24(14-18)13-17-8-4-3-5-9-17/h3-5,8-11,14-15,22H,2,6-7,12-13,21H2,1H3,(H,23,26). The third-order valence-electron chi connectivity index (χ3n) is 3.98. The molecule has 6 nitrogen and oxygen atoms in total. The van der Waals surface area contributed by atoms with Crippen molar-refractivity contribution in [2.75, 3.05) is 6.54 Å². The quantitative estimate of drug-likeness (QED) is 0.599. The molecular formula is C20H26N4O2. The average Bonchev–Trinajstić information content (AvgIpc) is 2.61. The van der Waals surface area contributed by atoms with E-state index in [0.717, 1.165) is 24.9 Å². The lowest BCUT2D eigenvalue weighted by atomic mass is 10.1. The first-order valence-corrected chi connectivity index (χ1v) is 8.69. The minimum absolute atomic E-state index is 0.0184. The van der Waals surface area contributed by atoms with Gasteiger partial charge >= 0.3 is 0 Å². The normalized spacial score (nSPS) is 11.6. The molecule has 0 radical (unpaired) electrons. The summed E-state index contributed by atoms with van der Waals surface area (Å²) in [6, 6.07) is 12.7. The highest BCUT2D eigenvalue weighted by Crippen LogP contribution is 2.04. The Balaban J connectivity index is 1.95. The van der Waals surface area contributed by atoms with Gasteiger partial charge in [-0.15, -0.1) is 0 Å². The Labute approximate surface area is 153 Å². The highest BCUT2D eigenvalue weighted by Gasteiger charge is 2.11. The van der Waals surface area contributed by atoms with Gasteiger partial charge in [0.15, 0.2) is 0 Å². The molecule has 2 rings (SSSR count). The lowest BCUT2D eigenvalue weighted by molar-refractivity contribution is 0.0937. The lowest BCUT2D eigenvalue weighted by Crippen LogP contribution is -2.34. The first kappa shape index (κ1) is 19.3. The maximum atomic E-state index is 12.4. The molecule has 0 aliphatic carbocycles. The second-order valence-electron chi connectivity index (χ2n) is 6.34. The maximum Gasteiger partial charge on any atom is 0.252 e. The maximum absolute atomic E-state index is 12.4. The predicted molar refractivity (Wildman–Crippen MR) is 104 cm³/mol. The number of nitrogens with two attached hydrogens (primary N) is 1. The molecule has 1 aromatic heterocycles. The second-order valence-corrected chi connectivity index (χ2v) is 6.34. The van der Waals surface area contributed by atoms with Gasteiger partial charge in [0, 0.05) is 24.8 Å². The number of nitrogens with zero attached hydrogens (tertiary/aromatic N) is 1. The van der Waals surface area contributed by atoms with Crippen molar-refractivity contribution in [2.45, 2.75) is 32.4 Å². The van der Waals surface area contributed by atoms with Gasteiger partial charge in [0.05, 0.1) is 17.9 Å². The zero-order valence-electron chi connectivity index (χ0n) is 15.1. The Hall–Kier alpha value is -3.02. The number of hydrogen-bond donors (Lipinski definition) is 3. The number of pyridine rings is 1. The SMILES string of the molecule is C=C(N)NCCCC(C)NC(=O)c1ccc(=O)n(Cc2ccccc2)c1.